The quantitative estimate of drug-likeness (QED) is 0.230. The lowest BCUT2D eigenvalue weighted by Crippen LogP contribution is -2.64. The van der Waals surface area contributed by atoms with Crippen molar-refractivity contribution < 1.29 is 26.6 Å². The average Bonchev–Trinajstić information content (AvgIpc) is 3.16. The lowest BCUT2D eigenvalue weighted by molar-refractivity contribution is -0.145. The van der Waals surface area contributed by atoms with Crippen LogP contribution < -0.4 is 25.8 Å². The van der Waals surface area contributed by atoms with Crippen molar-refractivity contribution in [2.24, 2.45) is 11.6 Å². The number of fused-ring (bicyclic) bond motifs is 1. The van der Waals surface area contributed by atoms with Gasteiger partial charge in [0.25, 0.3) is 0 Å². The highest BCUT2D eigenvalue weighted by Gasteiger charge is 2.41. The van der Waals surface area contributed by atoms with Crippen molar-refractivity contribution >= 4 is 28.7 Å². The molecule has 1 saturated heterocycles. The zero-order chi connectivity index (χ0) is 36.7. The number of nitrogens with zero attached hydrogens (tertiary/aromatic N) is 2. The van der Waals surface area contributed by atoms with Crippen LogP contribution in [0.3, 0.4) is 0 Å². The second-order valence-electron chi connectivity index (χ2n) is 13.8. The average molecular weight is 686 g/mol. The van der Waals surface area contributed by atoms with Gasteiger partial charge in [-0.3, -0.25) is 9.59 Å². The molecule has 3 amide bonds. The van der Waals surface area contributed by atoms with Crippen LogP contribution in [0.2, 0.25) is 0 Å². The molecule has 0 bridgehead atoms. The molecule has 10 heteroatoms. The van der Waals surface area contributed by atoms with Gasteiger partial charge in [-0.15, -0.1) is 0 Å². The highest BCUT2D eigenvalue weighted by atomic mass is 16.6. The molecule has 3 aliphatic rings. The molecule has 2 aliphatic carbocycles. The molecule has 4 N–H and O–H groups in total. The first kappa shape index (κ1) is 33.0. The number of methoxy groups -OCH3 is 1. The third kappa shape index (κ3) is 8.76. The molecule has 3 aromatic carbocycles. The number of benzene rings is 3. The Hall–Kier alpha value is -4.15. The van der Waals surface area contributed by atoms with E-state index in [0.29, 0.717) is 43.7 Å². The number of amides is 3. The van der Waals surface area contributed by atoms with Gasteiger partial charge < -0.3 is 35.6 Å². The van der Waals surface area contributed by atoms with Crippen LogP contribution in [0.15, 0.2) is 60.7 Å². The summed E-state index contributed by atoms with van der Waals surface area (Å²) in [5.41, 5.74) is 7.49. The summed E-state index contributed by atoms with van der Waals surface area (Å²) in [4.78, 5) is 45.6. The van der Waals surface area contributed by atoms with E-state index in [-0.39, 0.29) is 38.5 Å². The molecule has 3 aromatic rings. The van der Waals surface area contributed by atoms with E-state index in [9.17, 15) is 17.1 Å². The van der Waals surface area contributed by atoms with Crippen LogP contribution in [0, 0.1) is 5.89 Å². The monoisotopic (exact) mass is 685 g/mol. The highest BCUT2D eigenvalue weighted by Crippen LogP contribution is 2.30. The van der Waals surface area contributed by atoms with Crippen molar-refractivity contribution in [3.8, 4) is 11.5 Å². The number of hydrogen-bond donors (Lipinski definition) is 3. The minimum Gasteiger partial charge on any atom is -0.496 e. The van der Waals surface area contributed by atoms with Gasteiger partial charge in [-0.25, -0.2) is 4.79 Å². The normalized spacial score (nSPS) is 21.4. The predicted molar refractivity (Wildman–Crippen MR) is 195 cm³/mol. The maximum atomic E-state index is 14.7. The molecule has 1 aliphatic heterocycles. The lowest BCUT2D eigenvalue weighted by atomic mass is 9.83. The van der Waals surface area contributed by atoms with Gasteiger partial charge in [0, 0.05) is 45.9 Å². The van der Waals surface area contributed by atoms with E-state index in [0.717, 1.165) is 60.4 Å². The van der Waals surface area contributed by atoms with Gasteiger partial charge in [0.15, 0.2) is 0 Å². The summed E-state index contributed by atoms with van der Waals surface area (Å²) in [6.45, 7) is 0.693. The Bertz CT molecular complexity index is 1700. The number of piperazine rings is 1. The Labute approximate surface area is 298 Å². The topological polar surface area (TPSA) is 126 Å². The first-order valence-electron chi connectivity index (χ1n) is 19.3. The van der Waals surface area contributed by atoms with E-state index in [2.05, 4.69) is 10.6 Å². The fraction of sp³-hybridized carbons (Fsp3) is 0.525. The maximum absolute atomic E-state index is 14.7. The van der Waals surface area contributed by atoms with Crippen molar-refractivity contribution in [2.75, 3.05) is 26.7 Å². The Morgan fingerprint density at radius 1 is 0.920 bits per heavy atom. The fourth-order valence-corrected chi connectivity index (χ4v) is 7.57. The third-order valence-corrected chi connectivity index (χ3v) is 10.4. The summed E-state index contributed by atoms with van der Waals surface area (Å²) in [5, 5.41) is 8.15. The van der Waals surface area contributed by atoms with Crippen LogP contribution in [-0.4, -0.2) is 72.6 Å². The molecule has 0 unspecified atom stereocenters. The van der Waals surface area contributed by atoms with Crippen molar-refractivity contribution in [2.45, 2.75) is 102 Å². The van der Waals surface area contributed by atoms with E-state index in [1.165, 1.54) is 4.90 Å². The minimum atomic E-state index is -1.02. The first-order valence-corrected chi connectivity index (χ1v) is 18.3. The number of nitrogens with one attached hydrogen (secondary N) is 2. The fourth-order valence-electron chi connectivity index (χ4n) is 7.57. The molecule has 1 heterocycles. The molecule has 0 spiro atoms. The van der Waals surface area contributed by atoms with E-state index in [4.69, 9.17) is 15.2 Å². The Morgan fingerprint density at radius 3 is 2.42 bits per heavy atom. The molecule has 0 aromatic heterocycles. The first-order chi connectivity index (χ1) is 25.1. The van der Waals surface area contributed by atoms with Crippen LogP contribution in [0.1, 0.15) is 84.5 Å². The van der Waals surface area contributed by atoms with Gasteiger partial charge in [-0.1, -0.05) is 99.9 Å². The van der Waals surface area contributed by atoms with Gasteiger partial charge in [0.05, 0.1) is 19.7 Å². The van der Waals surface area contributed by atoms with Crippen molar-refractivity contribution in [1.29, 1.82) is 0 Å². The number of ether oxygens (including phenoxy) is 2. The SMILES string of the molecule is [2H]C1(C[C@H](NC2([2H])CCCCC2)C(=O)N2CCN(C(=O)Oc3cccc4ccccc34)C[C@H]2C(=O)NCc2ccc(CN)c(OC)c2)CCCCC1. The number of carbonyl (C=O) groups excluding carboxylic acids is 3. The second kappa shape index (κ2) is 17.2. The molecule has 3 fully saturated rings. The van der Waals surface area contributed by atoms with Crippen LogP contribution in [0.4, 0.5) is 4.79 Å². The smallest absolute Gasteiger partial charge is 0.415 e. The molecular formula is C40H53N5O5. The minimum absolute atomic E-state index is 0.0681. The molecule has 268 valence electrons. The van der Waals surface area contributed by atoms with Crippen LogP contribution in [-0.2, 0) is 22.7 Å². The Kier molecular flexibility index (Phi) is 11.3. The summed E-state index contributed by atoms with van der Waals surface area (Å²) in [6, 6.07) is 15.9. The summed E-state index contributed by atoms with van der Waals surface area (Å²) in [6.07, 6.45) is 8.17. The number of rotatable bonds is 11. The van der Waals surface area contributed by atoms with Crippen LogP contribution >= 0.6 is 0 Å². The number of nitrogens with two attached hydrogens (primary N) is 1. The van der Waals surface area contributed by atoms with E-state index in [1.807, 2.05) is 54.6 Å². The largest absolute Gasteiger partial charge is 0.496 e. The summed E-state index contributed by atoms with van der Waals surface area (Å²) >= 11 is 0. The molecule has 2 atom stereocenters. The third-order valence-electron chi connectivity index (χ3n) is 10.4. The molecular weight excluding hydrogens is 630 g/mol. The zero-order valence-electron chi connectivity index (χ0n) is 31.3. The number of hydrogen-bond acceptors (Lipinski definition) is 7. The maximum Gasteiger partial charge on any atom is 0.415 e. The highest BCUT2D eigenvalue weighted by molar-refractivity contribution is 5.92. The van der Waals surface area contributed by atoms with E-state index in [1.54, 1.807) is 18.1 Å². The standard InChI is InChI=1S/C40H53N5O5/c1-49-37-24-29(19-20-31(37)25-41)26-42-38(46)35-27-44(40(48)50-36-18-10-14-30-13-8-9-17-33(30)36)21-22-45(35)39(47)34(23-28-11-4-2-5-12-28)43-32-15-6-3-7-16-32/h8-10,13-14,17-20,24,28,32,34-35,43H,2-7,11-12,15-16,21-23,25-27,41H2,1H3,(H,42,46)/t34-,35-/m0/s1/i28D,32D. The molecule has 6 rings (SSSR count). The van der Waals surface area contributed by atoms with Gasteiger partial charge in [-0.05, 0) is 48.2 Å². The molecule has 0 radical (unpaired) electrons. The summed E-state index contributed by atoms with van der Waals surface area (Å²) < 4.78 is 29.9. The van der Waals surface area contributed by atoms with Gasteiger partial charge in [0.1, 0.15) is 17.5 Å². The molecule has 10 nitrogen and oxygen atoms in total. The number of carbonyl (C=O) groups is 3. The van der Waals surface area contributed by atoms with E-state index < -0.39 is 36.0 Å². The van der Waals surface area contributed by atoms with Crippen molar-refractivity contribution in [3.05, 3.63) is 71.8 Å². The van der Waals surface area contributed by atoms with Crippen molar-refractivity contribution in [3.63, 3.8) is 0 Å². The summed E-state index contributed by atoms with van der Waals surface area (Å²) in [7, 11) is 1.57. The van der Waals surface area contributed by atoms with Crippen LogP contribution in [0.25, 0.3) is 10.8 Å². The van der Waals surface area contributed by atoms with Gasteiger partial charge >= 0.3 is 6.09 Å². The van der Waals surface area contributed by atoms with Gasteiger partial charge in [0.2, 0.25) is 11.8 Å². The Morgan fingerprint density at radius 2 is 1.66 bits per heavy atom. The molecule has 50 heavy (non-hydrogen) atoms. The molecule has 2 saturated carbocycles. The van der Waals surface area contributed by atoms with Crippen molar-refractivity contribution in [1.82, 2.24) is 20.4 Å². The van der Waals surface area contributed by atoms with E-state index >= 15 is 0 Å². The van der Waals surface area contributed by atoms with Gasteiger partial charge in [-0.2, -0.15) is 0 Å². The Balaban J connectivity index is 1.25. The second-order valence-corrected chi connectivity index (χ2v) is 13.8. The zero-order valence-corrected chi connectivity index (χ0v) is 29.3. The van der Waals surface area contributed by atoms with Crippen LogP contribution in [0.5, 0.6) is 11.5 Å². The lowest BCUT2D eigenvalue weighted by Gasteiger charge is -2.42. The predicted octanol–water partition coefficient (Wildman–Crippen LogP) is 5.90. The summed E-state index contributed by atoms with van der Waals surface area (Å²) in [5.74, 6) is -0.450.